The Labute approximate surface area is 161 Å². The Balaban J connectivity index is 3.71. The molecule has 0 aliphatic carbocycles. The van der Waals surface area contributed by atoms with Gasteiger partial charge in [0.1, 0.15) is 0 Å². The molecule has 0 aliphatic rings. The van der Waals surface area contributed by atoms with Crippen LogP contribution in [0.25, 0.3) is 0 Å². The number of carbonyl (C=O) groups is 2. The summed E-state index contributed by atoms with van der Waals surface area (Å²) in [5.41, 5.74) is -0.194. The van der Waals surface area contributed by atoms with Gasteiger partial charge < -0.3 is 19.1 Å². The highest BCUT2D eigenvalue weighted by Crippen LogP contribution is 2.66. The first kappa shape index (κ1) is 24.1. The second-order valence-electron chi connectivity index (χ2n) is 6.33. The minimum atomic E-state index is -5.57. The van der Waals surface area contributed by atoms with E-state index in [1.54, 1.807) is 6.07 Å². The van der Waals surface area contributed by atoms with Gasteiger partial charge >= 0.3 is 25.0 Å². The molecule has 0 aliphatic heterocycles. The molecule has 0 saturated carbocycles. The molecule has 1 atom stereocenters. The van der Waals surface area contributed by atoms with Gasteiger partial charge in [0.25, 0.3) is 5.91 Å². The van der Waals surface area contributed by atoms with Crippen LogP contribution in [0, 0.1) is 0 Å². The lowest BCUT2D eigenvalue weighted by molar-refractivity contribution is -0.195. The molecule has 0 bridgehead atoms. The van der Waals surface area contributed by atoms with Gasteiger partial charge in [-0.15, -0.1) is 0 Å². The summed E-state index contributed by atoms with van der Waals surface area (Å²) in [5.74, 6) is -3.32. The van der Waals surface area contributed by atoms with Gasteiger partial charge in [0.05, 0.1) is 19.3 Å². The van der Waals surface area contributed by atoms with Crippen molar-refractivity contribution in [3.05, 3.63) is 35.9 Å². The van der Waals surface area contributed by atoms with Crippen molar-refractivity contribution in [2.24, 2.45) is 0 Å². The van der Waals surface area contributed by atoms with Crippen LogP contribution in [-0.4, -0.2) is 42.7 Å². The number of halogens is 3. The maximum atomic E-state index is 14.2. The number of esters is 1. The highest BCUT2D eigenvalue weighted by molar-refractivity contribution is 7.57. The molecular weight excluding hydrogens is 402 g/mol. The summed E-state index contributed by atoms with van der Waals surface area (Å²) in [7, 11) is -4.70. The van der Waals surface area contributed by atoms with Crippen molar-refractivity contribution in [3.8, 4) is 0 Å². The third-order valence-corrected chi connectivity index (χ3v) is 6.10. The number of ether oxygens (including phenoxy) is 1. The lowest BCUT2D eigenvalue weighted by atomic mass is 10.2. The standard InChI is InChI=1S/C17H23F3NO6P/c1-11(2)26-28(24,27-12(3)4)16(15(23)25-5,17(18,19)20)21-14(22)13-9-7-6-8-10-13/h6-12H,1-5H3,(H,21,22). The molecule has 28 heavy (non-hydrogen) atoms. The molecule has 0 fully saturated rings. The predicted octanol–water partition coefficient (Wildman–Crippen LogP) is 3.89. The van der Waals surface area contributed by atoms with Crippen molar-refractivity contribution in [1.82, 2.24) is 5.32 Å². The molecule has 1 aromatic rings. The minimum absolute atomic E-state index is 0.194. The SMILES string of the molecule is COC(=O)C(NC(=O)c1ccccc1)(C(F)(F)F)P(=O)(OC(C)C)OC(C)C. The van der Waals surface area contributed by atoms with Crippen LogP contribution in [0.15, 0.2) is 30.3 Å². The topological polar surface area (TPSA) is 90.9 Å². The van der Waals surface area contributed by atoms with Crippen molar-refractivity contribution in [2.75, 3.05) is 7.11 Å². The number of alkyl halides is 3. The Hall–Kier alpha value is -1.90. The van der Waals surface area contributed by atoms with E-state index in [0.717, 1.165) is 0 Å². The van der Waals surface area contributed by atoms with Gasteiger partial charge in [-0.05, 0) is 39.8 Å². The number of hydrogen-bond acceptors (Lipinski definition) is 6. The van der Waals surface area contributed by atoms with Crippen molar-refractivity contribution in [3.63, 3.8) is 0 Å². The van der Waals surface area contributed by atoms with Gasteiger partial charge in [0.2, 0.25) is 0 Å². The molecule has 1 rings (SSSR count). The first-order chi connectivity index (χ1) is 12.8. The number of benzene rings is 1. The molecule has 1 amide bonds. The smallest absolute Gasteiger partial charge is 0.434 e. The zero-order valence-electron chi connectivity index (χ0n) is 16.1. The van der Waals surface area contributed by atoms with Crippen LogP contribution in [-0.2, 0) is 23.1 Å². The van der Waals surface area contributed by atoms with Crippen molar-refractivity contribution in [1.29, 1.82) is 0 Å². The number of rotatable bonds is 8. The van der Waals surface area contributed by atoms with Crippen LogP contribution in [0.4, 0.5) is 13.2 Å². The van der Waals surface area contributed by atoms with E-state index >= 15 is 0 Å². The second-order valence-corrected chi connectivity index (χ2v) is 8.41. The van der Waals surface area contributed by atoms with E-state index in [0.29, 0.717) is 7.11 Å². The molecular formula is C17H23F3NO6P. The van der Waals surface area contributed by atoms with Crippen LogP contribution in [0.2, 0.25) is 0 Å². The van der Waals surface area contributed by atoms with Crippen molar-refractivity contribution >= 4 is 19.5 Å². The molecule has 158 valence electrons. The fraction of sp³-hybridized carbons (Fsp3) is 0.529. The number of amides is 1. The largest absolute Gasteiger partial charge is 0.467 e. The zero-order chi connectivity index (χ0) is 21.8. The summed E-state index contributed by atoms with van der Waals surface area (Å²) in [4.78, 5) is 24.9. The lowest BCUT2D eigenvalue weighted by Crippen LogP contribution is -2.64. The Bertz CT molecular complexity index is 724. The fourth-order valence-corrected chi connectivity index (χ4v) is 4.62. The maximum absolute atomic E-state index is 14.2. The first-order valence-corrected chi connectivity index (χ1v) is 9.84. The van der Waals surface area contributed by atoms with E-state index in [1.165, 1.54) is 57.3 Å². The number of nitrogens with one attached hydrogen (secondary N) is 1. The highest BCUT2D eigenvalue weighted by Gasteiger charge is 2.76. The molecule has 1 aromatic carbocycles. The normalized spacial score (nSPS) is 14.6. The third kappa shape index (κ3) is 4.92. The molecule has 0 radical (unpaired) electrons. The summed E-state index contributed by atoms with van der Waals surface area (Å²) < 4.78 is 70.4. The van der Waals surface area contributed by atoms with Gasteiger partial charge in [0.15, 0.2) is 0 Å². The Morgan fingerprint density at radius 2 is 1.46 bits per heavy atom. The molecule has 0 saturated heterocycles. The predicted molar refractivity (Wildman–Crippen MR) is 94.8 cm³/mol. The van der Waals surface area contributed by atoms with Crippen LogP contribution >= 0.6 is 7.60 Å². The molecule has 0 aromatic heterocycles. The van der Waals surface area contributed by atoms with Gasteiger partial charge in [-0.2, -0.15) is 13.2 Å². The highest BCUT2D eigenvalue weighted by atomic mass is 31.2. The monoisotopic (exact) mass is 425 g/mol. The number of carbonyl (C=O) groups excluding carboxylic acids is 2. The van der Waals surface area contributed by atoms with E-state index in [4.69, 9.17) is 9.05 Å². The maximum Gasteiger partial charge on any atom is 0.434 e. The Kier molecular flexibility index (Phi) is 7.82. The third-order valence-electron chi connectivity index (χ3n) is 3.33. The van der Waals surface area contributed by atoms with E-state index in [9.17, 15) is 27.3 Å². The lowest BCUT2D eigenvalue weighted by Gasteiger charge is -2.39. The van der Waals surface area contributed by atoms with E-state index in [-0.39, 0.29) is 5.56 Å². The van der Waals surface area contributed by atoms with E-state index in [1.807, 2.05) is 0 Å². The summed E-state index contributed by atoms with van der Waals surface area (Å²) in [6, 6.07) is 6.83. The quantitative estimate of drug-likeness (QED) is 0.502. The van der Waals surface area contributed by atoms with Crippen molar-refractivity contribution < 1.29 is 41.1 Å². The van der Waals surface area contributed by atoms with Crippen LogP contribution in [0.5, 0.6) is 0 Å². The summed E-state index contributed by atoms with van der Waals surface area (Å²) in [6.45, 7) is 5.25. The van der Waals surface area contributed by atoms with Gasteiger partial charge in [-0.3, -0.25) is 9.36 Å². The summed E-state index contributed by atoms with van der Waals surface area (Å²) >= 11 is 0. The average Bonchev–Trinajstić information content (AvgIpc) is 2.56. The number of methoxy groups -OCH3 is 1. The van der Waals surface area contributed by atoms with Gasteiger partial charge in [-0.1, -0.05) is 18.2 Å². The molecule has 7 nitrogen and oxygen atoms in total. The molecule has 0 spiro atoms. The van der Waals surface area contributed by atoms with E-state index < -0.39 is 43.1 Å². The molecule has 0 heterocycles. The first-order valence-electron chi connectivity index (χ1n) is 8.30. The van der Waals surface area contributed by atoms with Crippen LogP contribution in [0.1, 0.15) is 38.1 Å². The fourth-order valence-electron chi connectivity index (χ4n) is 2.28. The Morgan fingerprint density at radius 3 is 1.82 bits per heavy atom. The van der Waals surface area contributed by atoms with Crippen LogP contribution in [0.3, 0.4) is 0 Å². The van der Waals surface area contributed by atoms with Crippen molar-refractivity contribution in [2.45, 2.75) is 51.4 Å². The summed E-state index contributed by atoms with van der Waals surface area (Å²) in [6.07, 6.45) is -7.61. The van der Waals surface area contributed by atoms with Crippen LogP contribution < -0.4 is 5.32 Å². The zero-order valence-corrected chi connectivity index (χ0v) is 17.0. The Morgan fingerprint density at radius 1 is 1.00 bits per heavy atom. The second kappa shape index (κ2) is 9.07. The minimum Gasteiger partial charge on any atom is -0.467 e. The van der Waals surface area contributed by atoms with E-state index in [2.05, 4.69) is 4.74 Å². The number of hydrogen-bond donors (Lipinski definition) is 1. The van der Waals surface area contributed by atoms with Gasteiger partial charge in [0, 0.05) is 5.56 Å². The summed E-state index contributed by atoms with van der Waals surface area (Å²) in [5, 5.41) is -2.52. The molecule has 1 N–H and O–H groups in total. The van der Waals surface area contributed by atoms with Gasteiger partial charge in [-0.25, -0.2) is 4.79 Å². The molecule has 1 unspecified atom stereocenters. The average molecular weight is 425 g/mol. The molecule has 11 heteroatoms.